The summed E-state index contributed by atoms with van der Waals surface area (Å²) in [7, 11) is 2.21. The lowest BCUT2D eigenvalue weighted by Crippen LogP contribution is -2.49. The Bertz CT molecular complexity index is 284. The predicted octanol–water partition coefficient (Wildman–Crippen LogP) is 1.65. The van der Waals surface area contributed by atoms with E-state index in [0.29, 0.717) is 12.1 Å². The van der Waals surface area contributed by atoms with Gasteiger partial charge in [-0.25, -0.2) is 0 Å². The highest BCUT2D eigenvalue weighted by Crippen LogP contribution is 2.22. The summed E-state index contributed by atoms with van der Waals surface area (Å²) in [6.45, 7) is 4.42. The van der Waals surface area contributed by atoms with Gasteiger partial charge in [0.05, 0.1) is 0 Å². The molecule has 0 aliphatic carbocycles. The van der Waals surface area contributed by atoms with Crippen LogP contribution in [-0.4, -0.2) is 31.1 Å². The van der Waals surface area contributed by atoms with E-state index in [1.165, 1.54) is 5.56 Å². The largest absolute Gasteiger partial charge is 0.313 e. The van der Waals surface area contributed by atoms with Crippen LogP contribution in [0.4, 0.5) is 0 Å². The van der Waals surface area contributed by atoms with Crippen molar-refractivity contribution in [3.8, 4) is 0 Å². The maximum Gasteiger partial charge on any atom is 0.0472 e. The van der Waals surface area contributed by atoms with Gasteiger partial charge in [0.2, 0.25) is 0 Å². The van der Waals surface area contributed by atoms with Crippen molar-refractivity contribution < 1.29 is 0 Å². The lowest BCUT2D eigenvalue weighted by atomic mass is 10.0. The maximum atomic E-state index is 3.47. The molecule has 1 fully saturated rings. The monoisotopic (exact) mass is 190 g/mol. The first-order valence-electron chi connectivity index (χ1n) is 5.26. The third kappa shape index (κ3) is 1.81. The van der Waals surface area contributed by atoms with Crippen molar-refractivity contribution in [2.75, 3.05) is 20.1 Å². The molecule has 0 aromatic heterocycles. The van der Waals surface area contributed by atoms with E-state index in [1.807, 2.05) is 0 Å². The van der Waals surface area contributed by atoms with Crippen LogP contribution >= 0.6 is 0 Å². The van der Waals surface area contributed by atoms with Gasteiger partial charge in [0, 0.05) is 25.2 Å². The van der Waals surface area contributed by atoms with E-state index in [9.17, 15) is 0 Å². The van der Waals surface area contributed by atoms with Gasteiger partial charge in [-0.15, -0.1) is 0 Å². The lowest BCUT2D eigenvalue weighted by molar-refractivity contribution is 0.141. The Morgan fingerprint density at radius 1 is 1.21 bits per heavy atom. The van der Waals surface area contributed by atoms with Crippen molar-refractivity contribution in [3.05, 3.63) is 35.9 Å². The summed E-state index contributed by atoms with van der Waals surface area (Å²) in [5.74, 6) is 0. The molecule has 1 heterocycles. The topological polar surface area (TPSA) is 15.3 Å². The molecule has 76 valence electrons. The maximum absolute atomic E-state index is 3.47. The molecule has 2 nitrogen and oxygen atoms in total. The number of nitrogens with zero attached hydrogens (tertiary/aromatic N) is 1. The smallest absolute Gasteiger partial charge is 0.0472 e. The van der Waals surface area contributed by atoms with E-state index >= 15 is 0 Å². The summed E-state index contributed by atoms with van der Waals surface area (Å²) in [6, 6.07) is 11.9. The number of hydrogen-bond acceptors (Lipinski definition) is 2. The second kappa shape index (κ2) is 4.11. The molecular formula is C12H18N2. The highest BCUT2D eigenvalue weighted by Gasteiger charge is 2.24. The Hall–Kier alpha value is -0.860. The molecule has 1 aromatic rings. The highest BCUT2D eigenvalue weighted by molar-refractivity contribution is 5.20. The van der Waals surface area contributed by atoms with Gasteiger partial charge in [-0.3, -0.25) is 4.90 Å². The van der Waals surface area contributed by atoms with E-state index < -0.39 is 0 Å². The highest BCUT2D eigenvalue weighted by atomic mass is 15.2. The van der Waals surface area contributed by atoms with Crippen LogP contribution in [-0.2, 0) is 0 Å². The minimum Gasteiger partial charge on any atom is -0.313 e. The first kappa shape index (κ1) is 9.69. The molecule has 1 unspecified atom stereocenters. The molecule has 1 aromatic carbocycles. The van der Waals surface area contributed by atoms with Crippen LogP contribution in [0.1, 0.15) is 18.5 Å². The number of piperazine rings is 1. The first-order chi connectivity index (χ1) is 6.79. The standard InChI is InChI=1S/C12H18N2/c1-10-8-13-9-12(14(10)2)11-6-4-3-5-7-11/h3-7,10,12-13H,8-9H2,1-2H3/t10-,12?/m1/s1. The molecule has 0 saturated carbocycles. The summed E-state index contributed by atoms with van der Waals surface area (Å²) in [4.78, 5) is 2.45. The van der Waals surface area contributed by atoms with Crippen LogP contribution in [0.25, 0.3) is 0 Å². The third-order valence-electron chi connectivity index (χ3n) is 3.15. The molecule has 2 atom stereocenters. The molecule has 1 N–H and O–H groups in total. The zero-order valence-corrected chi connectivity index (χ0v) is 8.90. The number of likely N-dealkylation sites (N-methyl/N-ethyl adjacent to an activating group) is 1. The molecule has 0 bridgehead atoms. The minimum atomic E-state index is 0.528. The second-order valence-electron chi connectivity index (χ2n) is 4.10. The van der Waals surface area contributed by atoms with Crippen molar-refractivity contribution in [1.82, 2.24) is 10.2 Å². The molecule has 0 amide bonds. The summed E-state index contributed by atoms with van der Waals surface area (Å²) in [5, 5.41) is 3.47. The average Bonchev–Trinajstić information content (AvgIpc) is 2.23. The molecule has 1 aliphatic heterocycles. The van der Waals surface area contributed by atoms with Crippen LogP contribution in [0.3, 0.4) is 0 Å². The Morgan fingerprint density at radius 2 is 1.93 bits per heavy atom. The lowest BCUT2D eigenvalue weighted by Gasteiger charge is -2.38. The molecule has 2 rings (SSSR count). The van der Waals surface area contributed by atoms with Gasteiger partial charge in [0.15, 0.2) is 0 Å². The summed E-state index contributed by atoms with van der Waals surface area (Å²) < 4.78 is 0. The fourth-order valence-corrected chi connectivity index (χ4v) is 2.05. The van der Waals surface area contributed by atoms with E-state index in [-0.39, 0.29) is 0 Å². The fraction of sp³-hybridized carbons (Fsp3) is 0.500. The quantitative estimate of drug-likeness (QED) is 0.724. The van der Waals surface area contributed by atoms with Crippen LogP contribution in [0.2, 0.25) is 0 Å². The van der Waals surface area contributed by atoms with Crippen molar-refractivity contribution in [1.29, 1.82) is 0 Å². The van der Waals surface area contributed by atoms with Gasteiger partial charge in [-0.1, -0.05) is 30.3 Å². The normalized spacial score (nSPS) is 29.0. The van der Waals surface area contributed by atoms with Crippen molar-refractivity contribution in [2.45, 2.75) is 19.0 Å². The molecule has 2 heteroatoms. The van der Waals surface area contributed by atoms with Crippen molar-refractivity contribution in [2.24, 2.45) is 0 Å². The van der Waals surface area contributed by atoms with Gasteiger partial charge in [0.1, 0.15) is 0 Å². The molecule has 0 spiro atoms. The van der Waals surface area contributed by atoms with Gasteiger partial charge in [-0.05, 0) is 19.5 Å². The first-order valence-corrected chi connectivity index (χ1v) is 5.26. The van der Waals surface area contributed by atoms with Gasteiger partial charge >= 0.3 is 0 Å². The number of nitrogens with one attached hydrogen (secondary N) is 1. The van der Waals surface area contributed by atoms with Gasteiger partial charge in [0.25, 0.3) is 0 Å². The van der Waals surface area contributed by atoms with Gasteiger partial charge in [-0.2, -0.15) is 0 Å². The van der Waals surface area contributed by atoms with Crippen LogP contribution in [0, 0.1) is 0 Å². The Labute approximate surface area is 85.9 Å². The number of hydrogen-bond donors (Lipinski definition) is 1. The Kier molecular flexibility index (Phi) is 2.85. The summed E-state index contributed by atoms with van der Waals surface area (Å²) in [6.07, 6.45) is 0. The predicted molar refractivity (Wildman–Crippen MR) is 59.3 cm³/mol. The van der Waals surface area contributed by atoms with Crippen molar-refractivity contribution in [3.63, 3.8) is 0 Å². The van der Waals surface area contributed by atoms with E-state index in [0.717, 1.165) is 13.1 Å². The SMILES string of the molecule is C[C@@H]1CNCC(c2ccccc2)N1C. The summed E-state index contributed by atoms with van der Waals surface area (Å²) >= 11 is 0. The number of rotatable bonds is 1. The molecule has 0 radical (unpaired) electrons. The van der Waals surface area contributed by atoms with Crippen LogP contribution < -0.4 is 5.32 Å². The molecule has 1 saturated heterocycles. The Morgan fingerprint density at radius 3 is 2.64 bits per heavy atom. The zero-order valence-electron chi connectivity index (χ0n) is 8.90. The molecule has 1 aliphatic rings. The van der Waals surface area contributed by atoms with Crippen LogP contribution in [0.15, 0.2) is 30.3 Å². The second-order valence-corrected chi connectivity index (χ2v) is 4.10. The fourth-order valence-electron chi connectivity index (χ4n) is 2.05. The molecular weight excluding hydrogens is 172 g/mol. The minimum absolute atomic E-state index is 0.528. The average molecular weight is 190 g/mol. The van der Waals surface area contributed by atoms with Crippen LogP contribution in [0.5, 0.6) is 0 Å². The third-order valence-corrected chi connectivity index (χ3v) is 3.15. The van der Waals surface area contributed by atoms with E-state index in [2.05, 4.69) is 54.5 Å². The molecule has 14 heavy (non-hydrogen) atoms. The van der Waals surface area contributed by atoms with E-state index in [4.69, 9.17) is 0 Å². The Balaban J connectivity index is 2.17. The van der Waals surface area contributed by atoms with Crippen molar-refractivity contribution >= 4 is 0 Å². The van der Waals surface area contributed by atoms with Gasteiger partial charge < -0.3 is 5.32 Å². The zero-order chi connectivity index (χ0) is 9.97. The van der Waals surface area contributed by atoms with E-state index in [1.54, 1.807) is 0 Å². The number of benzene rings is 1. The summed E-state index contributed by atoms with van der Waals surface area (Å²) in [5.41, 5.74) is 1.41.